The first kappa shape index (κ1) is 15.8. The average Bonchev–Trinajstić information content (AvgIpc) is 2.52. The van der Waals surface area contributed by atoms with Crippen molar-refractivity contribution in [1.82, 2.24) is 4.98 Å². The molecule has 114 valence electrons. The molecule has 22 heavy (non-hydrogen) atoms. The molecule has 0 unspecified atom stereocenters. The maximum absolute atomic E-state index is 11.7. The lowest BCUT2D eigenvalue weighted by atomic mass is 10.2. The fourth-order valence-corrected chi connectivity index (χ4v) is 2.46. The molecule has 1 aromatic carbocycles. The van der Waals surface area contributed by atoms with Gasteiger partial charge in [-0.25, -0.2) is 13.4 Å². The molecule has 0 fully saturated rings. The van der Waals surface area contributed by atoms with Crippen LogP contribution in [0.15, 0.2) is 42.5 Å². The van der Waals surface area contributed by atoms with Gasteiger partial charge in [-0.2, -0.15) is 5.26 Å². The first-order chi connectivity index (χ1) is 10.4. The second-order valence-electron chi connectivity index (χ2n) is 4.73. The Morgan fingerprint density at radius 1 is 1.23 bits per heavy atom. The number of rotatable bonds is 5. The number of sulfonamides is 1. The Morgan fingerprint density at radius 2 is 1.95 bits per heavy atom. The summed E-state index contributed by atoms with van der Waals surface area (Å²) >= 11 is 0. The normalized spacial score (nSPS) is 10.8. The molecule has 0 aliphatic heterocycles. The van der Waals surface area contributed by atoms with Crippen LogP contribution in [0.3, 0.4) is 0 Å². The number of nitriles is 1. The molecule has 7 heteroatoms. The average molecular weight is 316 g/mol. The lowest BCUT2D eigenvalue weighted by Crippen LogP contribution is -2.26. The van der Waals surface area contributed by atoms with Crippen molar-refractivity contribution in [2.45, 2.75) is 6.54 Å². The lowest BCUT2D eigenvalue weighted by Gasteiger charge is -2.20. The summed E-state index contributed by atoms with van der Waals surface area (Å²) in [6, 6.07) is 14.3. The quantitative estimate of drug-likeness (QED) is 0.911. The minimum absolute atomic E-state index is 0.325. The third kappa shape index (κ3) is 3.74. The molecule has 0 aliphatic rings. The van der Waals surface area contributed by atoms with Gasteiger partial charge < -0.3 is 5.32 Å². The third-order valence-electron chi connectivity index (χ3n) is 3.15. The summed E-state index contributed by atoms with van der Waals surface area (Å²) < 4.78 is 24.6. The van der Waals surface area contributed by atoms with Gasteiger partial charge in [0, 0.05) is 13.6 Å². The summed E-state index contributed by atoms with van der Waals surface area (Å²) in [4.78, 5) is 4.13. The van der Waals surface area contributed by atoms with Gasteiger partial charge in [-0.05, 0) is 23.8 Å². The molecule has 0 saturated carbocycles. The highest BCUT2D eigenvalue weighted by molar-refractivity contribution is 7.92. The summed E-state index contributed by atoms with van der Waals surface area (Å²) in [6.07, 6.45) is 1.16. The zero-order chi connectivity index (χ0) is 16.2. The molecule has 2 rings (SSSR count). The van der Waals surface area contributed by atoms with E-state index in [1.54, 1.807) is 30.3 Å². The van der Waals surface area contributed by atoms with E-state index in [4.69, 9.17) is 5.26 Å². The van der Waals surface area contributed by atoms with Crippen LogP contribution in [0.4, 0.5) is 11.5 Å². The van der Waals surface area contributed by atoms with Crippen LogP contribution in [0.25, 0.3) is 0 Å². The molecule has 0 saturated heterocycles. The second-order valence-corrected chi connectivity index (χ2v) is 6.75. The topological polar surface area (TPSA) is 86.1 Å². The van der Waals surface area contributed by atoms with Crippen molar-refractivity contribution in [3.8, 4) is 6.07 Å². The van der Waals surface area contributed by atoms with E-state index in [1.807, 2.05) is 18.2 Å². The van der Waals surface area contributed by atoms with E-state index < -0.39 is 10.0 Å². The SMILES string of the molecule is CN(c1ccccc1CNc1cccc(C#N)n1)S(C)(=O)=O. The monoisotopic (exact) mass is 316 g/mol. The Morgan fingerprint density at radius 3 is 2.64 bits per heavy atom. The van der Waals surface area contributed by atoms with E-state index in [0.29, 0.717) is 23.7 Å². The molecule has 1 heterocycles. The van der Waals surface area contributed by atoms with Gasteiger partial charge in [-0.3, -0.25) is 4.31 Å². The van der Waals surface area contributed by atoms with E-state index in [0.717, 1.165) is 11.8 Å². The van der Waals surface area contributed by atoms with Crippen LogP contribution in [0.1, 0.15) is 11.3 Å². The van der Waals surface area contributed by atoms with Gasteiger partial charge in [0.25, 0.3) is 0 Å². The second kappa shape index (κ2) is 6.45. The lowest BCUT2D eigenvalue weighted by molar-refractivity contribution is 0.600. The Hall–Kier alpha value is -2.59. The number of nitrogens with one attached hydrogen (secondary N) is 1. The minimum atomic E-state index is -3.33. The van der Waals surface area contributed by atoms with Crippen LogP contribution in [-0.2, 0) is 16.6 Å². The van der Waals surface area contributed by atoms with Crippen molar-refractivity contribution in [1.29, 1.82) is 5.26 Å². The van der Waals surface area contributed by atoms with Crippen molar-refractivity contribution >= 4 is 21.5 Å². The van der Waals surface area contributed by atoms with Gasteiger partial charge in [0.1, 0.15) is 17.6 Å². The van der Waals surface area contributed by atoms with Crippen LogP contribution < -0.4 is 9.62 Å². The number of para-hydroxylation sites is 1. The van der Waals surface area contributed by atoms with Crippen molar-refractivity contribution < 1.29 is 8.42 Å². The summed E-state index contributed by atoms with van der Waals surface area (Å²) in [5.41, 5.74) is 1.75. The Labute approximate surface area is 130 Å². The molecule has 1 aromatic heterocycles. The molecule has 6 nitrogen and oxygen atoms in total. The van der Waals surface area contributed by atoms with E-state index >= 15 is 0 Å². The fraction of sp³-hybridized carbons (Fsp3) is 0.200. The highest BCUT2D eigenvalue weighted by atomic mass is 32.2. The molecule has 0 bridgehead atoms. The Kier molecular flexibility index (Phi) is 4.63. The van der Waals surface area contributed by atoms with E-state index in [2.05, 4.69) is 10.3 Å². The highest BCUT2D eigenvalue weighted by Crippen LogP contribution is 2.22. The fourth-order valence-electron chi connectivity index (χ4n) is 1.93. The van der Waals surface area contributed by atoms with Crippen molar-refractivity contribution in [3.63, 3.8) is 0 Å². The van der Waals surface area contributed by atoms with E-state index in [1.165, 1.54) is 11.4 Å². The number of nitrogens with zero attached hydrogens (tertiary/aromatic N) is 3. The summed E-state index contributed by atoms with van der Waals surface area (Å²) in [7, 11) is -1.81. The largest absolute Gasteiger partial charge is 0.366 e. The number of aromatic nitrogens is 1. The molecular formula is C15H16N4O2S. The van der Waals surface area contributed by atoms with Gasteiger partial charge >= 0.3 is 0 Å². The summed E-state index contributed by atoms with van der Waals surface area (Å²) in [5, 5.41) is 11.9. The number of anilines is 2. The van der Waals surface area contributed by atoms with Gasteiger partial charge in [0.2, 0.25) is 10.0 Å². The number of hydrogen-bond acceptors (Lipinski definition) is 5. The molecule has 0 spiro atoms. The van der Waals surface area contributed by atoms with Gasteiger partial charge in [0.15, 0.2) is 0 Å². The molecule has 0 aliphatic carbocycles. The van der Waals surface area contributed by atoms with Gasteiger partial charge in [-0.15, -0.1) is 0 Å². The van der Waals surface area contributed by atoms with Gasteiger partial charge in [0.05, 0.1) is 11.9 Å². The standard InChI is InChI=1S/C15H16N4O2S/c1-19(22(2,20)21)14-8-4-3-6-12(14)11-17-15-9-5-7-13(10-16)18-15/h3-9H,11H2,1-2H3,(H,17,18). The zero-order valence-corrected chi connectivity index (χ0v) is 13.1. The summed E-state index contributed by atoms with van der Waals surface area (Å²) in [5.74, 6) is 0.566. The maximum Gasteiger partial charge on any atom is 0.232 e. The smallest absolute Gasteiger partial charge is 0.232 e. The Bertz CT molecular complexity index is 812. The molecule has 0 amide bonds. The van der Waals surface area contributed by atoms with Crippen LogP contribution in [0, 0.1) is 11.3 Å². The van der Waals surface area contributed by atoms with E-state index in [-0.39, 0.29) is 0 Å². The molecule has 2 aromatic rings. The maximum atomic E-state index is 11.7. The molecule has 1 N–H and O–H groups in total. The number of benzene rings is 1. The predicted molar refractivity (Wildman–Crippen MR) is 86.0 cm³/mol. The van der Waals surface area contributed by atoms with Crippen LogP contribution in [-0.4, -0.2) is 26.7 Å². The van der Waals surface area contributed by atoms with Crippen LogP contribution >= 0.6 is 0 Å². The molecule has 0 radical (unpaired) electrons. The third-order valence-corrected chi connectivity index (χ3v) is 4.34. The zero-order valence-electron chi connectivity index (χ0n) is 12.3. The Balaban J connectivity index is 2.22. The van der Waals surface area contributed by atoms with Crippen molar-refractivity contribution in [2.24, 2.45) is 0 Å². The molecular weight excluding hydrogens is 300 g/mol. The predicted octanol–water partition coefficient (Wildman–Crippen LogP) is 1.96. The number of hydrogen-bond donors (Lipinski definition) is 1. The first-order valence-electron chi connectivity index (χ1n) is 6.54. The first-order valence-corrected chi connectivity index (χ1v) is 8.39. The minimum Gasteiger partial charge on any atom is -0.366 e. The number of pyridine rings is 1. The van der Waals surface area contributed by atoms with Crippen molar-refractivity contribution in [2.75, 3.05) is 22.9 Å². The van der Waals surface area contributed by atoms with Crippen LogP contribution in [0.2, 0.25) is 0 Å². The van der Waals surface area contributed by atoms with Crippen molar-refractivity contribution in [3.05, 3.63) is 53.7 Å². The molecule has 0 atom stereocenters. The van der Waals surface area contributed by atoms with Gasteiger partial charge in [-0.1, -0.05) is 24.3 Å². The van der Waals surface area contributed by atoms with Crippen LogP contribution in [0.5, 0.6) is 0 Å². The van der Waals surface area contributed by atoms with E-state index in [9.17, 15) is 8.42 Å². The summed E-state index contributed by atoms with van der Waals surface area (Å²) in [6.45, 7) is 0.401. The highest BCUT2D eigenvalue weighted by Gasteiger charge is 2.15.